The molecule has 2 fully saturated rings. The number of carbonyl (C=O) groups is 1. The van der Waals surface area contributed by atoms with Gasteiger partial charge in [-0.05, 0) is 39.3 Å². The molecular formula is C15H30N4O. The van der Waals surface area contributed by atoms with Crippen LogP contribution in [0.15, 0.2) is 0 Å². The standard InChI is InChI=1S/C15H30N4O/c1-16-12-14-6-4-5-9-19(14)13-7-10-18(11-8-13)15(20)17(2)3/h13-14,16H,4-12H2,1-3H3. The second-order valence-corrected chi connectivity index (χ2v) is 6.34. The number of nitrogens with zero attached hydrogens (tertiary/aromatic N) is 3. The van der Waals surface area contributed by atoms with Crippen LogP contribution < -0.4 is 5.32 Å². The van der Waals surface area contributed by atoms with E-state index in [1.54, 1.807) is 4.90 Å². The van der Waals surface area contributed by atoms with Gasteiger partial charge in [0.15, 0.2) is 0 Å². The van der Waals surface area contributed by atoms with Crippen LogP contribution in [-0.4, -0.2) is 80.1 Å². The topological polar surface area (TPSA) is 38.8 Å². The number of carbonyl (C=O) groups excluding carboxylic acids is 1. The molecule has 2 heterocycles. The minimum Gasteiger partial charge on any atom is -0.331 e. The second kappa shape index (κ2) is 7.27. The van der Waals surface area contributed by atoms with E-state index in [1.165, 1.54) is 25.8 Å². The Morgan fingerprint density at radius 2 is 1.85 bits per heavy atom. The molecule has 0 saturated carbocycles. The van der Waals surface area contributed by atoms with E-state index >= 15 is 0 Å². The molecule has 0 aliphatic carbocycles. The summed E-state index contributed by atoms with van der Waals surface area (Å²) in [5.41, 5.74) is 0. The van der Waals surface area contributed by atoms with Gasteiger partial charge in [-0.3, -0.25) is 4.90 Å². The summed E-state index contributed by atoms with van der Waals surface area (Å²) < 4.78 is 0. The summed E-state index contributed by atoms with van der Waals surface area (Å²) in [6.07, 6.45) is 6.26. The zero-order valence-corrected chi connectivity index (χ0v) is 13.3. The van der Waals surface area contributed by atoms with Crippen molar-refractivity contribution in [3.8, 4) is 0 Å². The van der Waals surface area contributed by atoms with Crippen LogP contribution in [0, 0.1) is 0 Å². The number of nitrogens with one attached hydrogen (secondary N) is 1. The van der Waals surface area contributed by atoms with Gasteiger partial charge in [-0.2, -0.15) is 0 Å². The van der Waals surface area contributed by atoms with E-state index < -0.39 is 0 Å². The number of rotatable bonds is 3. The summed E-state index contributed by atoms with van der Waals surface area (Å²) in [6, 6.07) is 1.52. The Labute approximate surface area is 123 Å². The summed E-state index contributed by atoms with van der Waals surface area (Å²) >= 11 is 0. The van der Waals surface area contributed by atoms with Crippen LogP contribution in [0.5, 0.6) is 0 Å². The van der Waals surface area contributed by atoms with Gasteiger partial charge in [0.2, 0.25) is 0 Å². The first-order valence-corrected chi connectivity index (χ1v) is 8.00. The second-order valence-electron chi connectivity index (χ2n) is 6.34. The third-order valence-corrected chi connectivity index (χ3v) is 4.70. The lowest BCUT2D eigenvalue weighted by molar-refractivity contribution is 0.0550. The molecule has 5 heteroatoms. The van der Waals surface area contributed by atoms with E-state index in [9.17, 15) is 4.79 Å². The molecule has 1 atom stereocenters. The number of likely N-dealkylation sites (tertiary alicyclic amines) is 2. The monoisotopic (exact) mass is 282 g/mol. The van der Waals surface area contributed by atoms with Crippen molar-refractivity contribution in [2.24, 2.45) is 0 Å². The third-order valence-electron chi connectivity index (χ3n) is 4.70. The maximum absolute atomic E-state index is 12.0. The number of piperidine rings is 2. The number of likely N-dealkylation sites (N-methyl/N-ethyl adjacent to an activating group) is 1. The SMILES string of the molecule is CNCC1CCCCN1C1CCN(C(=O)N(C)C)CC1. The molecule has 2 amide bonds. The van der Waals surface area contributed by atoms with Crippen molar-refractivity contribution < 1.29 is 4.79 Å². The lowest BCUT2D eigenvalue weighted by Crippen LogP contribution is -2.54. The smallest absolute Gasteiger partial charge is 0.319 e. The van der Waals surface area contributed by atoms with Crippen LogP contribution in [0.1, 0.15) is 32.1 Å². The van der Waals surface area contributed by atoms with Crippen molar-refractivity contribution in [2.75, 3.05) is 47.3 Å². The molecule has 0 spiro atoms. The minimum atomic E-state index is 0.161. The summed E-state index contributed by atoms with van der Waals surface area (Å²) in [5.74, 6) is 0. The predicted molar refractivity (Wildman–Crippen MR) is 81.9 cm³/mol. The van der Waals surface area contributed by atoms with Crippen molar-refractivity contribution in [2.45, 2.75) is 44.2 Å². The van der Waals surface area contributed by atoms with Gasteiger partial charge in [-0.25, -0.2) is 4.79 Å². The molecule has 0 aromatic carbocycles. The lowest BCUT2D eigenvalue weighted by atomic mass is 9.95. The first-order valence-electron chi connectivity index (χ1n) is 8.00. The molecule has 0 aromatic rings. The van der Waals surface area contributed by atoms with Gasteiger partial charge in [-0.1, -0.05) is 6.42 Å². The molecule has 2 rings (SSSR count). The summed E-state index contributed by atoms with van der Waals surface area (Å²) in [4.78, 5) is 18.4. The summed E-state index contributed by atoms with van der Waals surface area (Å²) in [5, 5.41) is 3.34. The Balaban J connectivity index is 1.87. The first-order chi connectivity index (χ1) is 9.63. The highest BCUT2D eigenvalue weighted by Crippen LogP contribution is 2.25. The van der Waals surface area contributed by atoms with E-state index in [4.69, 9.17) is 0 Å². The van der Waals surface area contributed by atoms with E-state index in [-0.39, 0.29) is 6.03 Å². The zero-order valence-electron chi connectivity index (χ0n) is 13.3. The lowest BCUT2D eigenvalue weighted by Gasteiger charge is -2.45. The Bertz CT molecular complexity index is 311. The van der Waals surface area contributed by atoms with Crippen molar-refractivity contribution >= 4 is 6.03 Å². The van der Waals surface area contributed by atoms with Crippen LogP contribution in [0.3, 0.4) is 0 Å². The summed E-state index contributed by atoms with van der Waals surface area (Å²) in [6.45, 7) is 4.14. The molecule has 2 aliphatic heterocycles. The van der Waals surface area contributed by atoms with E-state index in [2.05, 4.69) is 10.2 Å². The van der Waals surface area contributed by atoms with Crippen LogP contribution in [0.25, 0.3) is 0 Å². The highest BCUT2D eigenvalue weighted by Gasteiger charge is 2.32. The van der Waals surface area contributed by atoms with Gasteiger partial charge in [0.25, 0.3) is 0 Å². The minimum absolute atomic E-state index is 0.161. The largest absolute Gasteiger partial charge is 0.331 e. The molecule has 1 N–H and O–H groups in total. The molecule has 0 radical (unpaired) electrons. The summed E-state index contributed by atoms with van der Waals surface area (Å²) in [7, 11) is 5.72. The molecule has 2 aliphatic rings. The fourth-order valence-electron chi connectivity index (χ4n) is 3.63. The normalized spacial score (nSPS) is 25.8. The Kier molecular flexibility index (Phi) is 5.66. The Morgan fingerprint density at radius 1 is 1.15 bits per heavy atom. The van der Waals surface area contributed by atoms with Gasteiger partial charge in [-0.15, -0.1) is 0 Å². The van der Waals surface area contributed by atoms with Gasteiger partial charge >= 0.3 is 6.03 Å². The van der Waals surface area contributed by atoms with Crippen molar-refractivity contribution in [3.05, 3.63) is 0 Å². The third kappa shape index (κ3) is 3.64. The fourth-order valence-corrected chi connectivity index (χ4v) is 3.63. The number of hydrogen-bond acceptors (Lipinski definition) is 3. The molecule has 20 heavy (non-hydrogen) atoms. The van der Waals surface area contributed by atoms with Gasteiger partial charge in [0.1, 0.15) is 0 Å². The highest BCUT2D eigenvalue weighted by molar-refractivity contribution is 5.73. The molecule has 5 nitrogen and oxygen atoms in total. The van der Waals surface area contributed by atoms with Crippen LogP contribution in [-0.2, 0) is 0 Å². The van der Waals surface area contributed by atoms with Crippen molar-refractivity contribution in [1.29, 1.82) is 0 Å². The van der Waals surface area contributed by atoms with E-state index in [0.717, 1.165) is 32.5 Å². The Morgan fingerprint density at radius 3 is 2.45 bits per heavy atom. The van der Waals surface area contributed by atoms with E-state index in [0.29, 0.717) is 12.1 Å². The molecule has 2 saturated heterocycles. The van der Waals surface area contributed by atoms with Crippen molar-refractivity contribution in [1.82, 2.24) is 20.0 Å². The van der Waals surface area contributed by atoms with Gasteiger partial charge < -0.3 is 15.1 Å². The number of hydrogen-bond donors (Lipinski definition) is 1. The van der Waals surface area contributed by atoms with Gasteiger partial charge in [0, 0.05) is 45.8 Å². The Hall–Kier alpha value is -0.810. The molecule has 0 bridgehead atoms. The van der Waals surface area contributed by atoms with Crippen LogP contribution in [0.2, 0.25) is 0 Å². The quantitative estimate of drug-likeness (QED) is 0.845. The first kappa shape index (κ1) is 15.6. The number of amides is 2. The molecule has 0 aromatic heterocycles. The molecule has 116 valence electrons. The van der Waals surface area contributed by atoms with Crippen LogP contribution in [0.4, 0.5) is 4.79 Å². The molecular weight excluding hydrogens is 252 g/mol. The average Bonchev–Trinajstić information content (AvgIpc) is 2.47. The highest BCUT2D eigenvalue weighted by atomic mass is 16.2. The van der Waals surface area contributed by atoms with Crippen LogP contribution >= 0.6 is 0 Å². The van der Waals surface area contributed by atoms with Gasteiger partial charge in [0.05, 0.1) is 0 Å². The number of urea groups is 1. The zero-order chi connectivity index (χ0) is 14.5. The maximum atomic E-state index is 12.0. The fraction of sp³-hybridized carbons (Fsp3) is 0.933. The predicted octanol–water partition coefficient (Wildman–Crippen LogP) is 1.21. The molecule has 1 unspecified atom stereocenters. The average molecular weight is 282 g/mol. The van der Waals surface area contributed by atoms with Crippen molar-refractivity contribution in [3.63, 3.8) is 0 Å². The maximum Gasteiger partial charge on any atom is 0.319 e. The van der Waals surface area contributed by atoms with E-state index in [1.807, 2.05) is 26.0 Å².